The van der Waals surface area contributed by atoms with E-state index in [-0.39, 0.29) is 0 Å². The molecule has 0 bridgehead atoms. The summed E-state index contributed by atoms with van der Waals surface area (Å²) in [7, 11) is 0. The maximum atomic E-state index is 9.66. The maximum Gasteiger partial charge on any atom is 0.145 e. The van der Waals surface area contributed by atoms with Gasteiger partial charge in [-0.3, -0.25) is 4.98 Å². The number of nitrogens with zero attached hydrogens (tertiary/aromatic N) is 1. The fourth-order valence-electron chi connectivity index (χ4n) is 1.79. The van der Waals surface area contributed by atoms with Gasteiger partial charge < -0.3 is 9.84 Å². The van der Waals surface area contributed by atoms with Gasteiger partial charge in [0, 0.05) is 0 Å². The largest absolute Gasteiger partial charge is 0.456 e. The summed E-state index contributed by atoms with van der Waals surface area (Å²) in [5, 5.41) is 9.66. The van der Waals surface area contributed by atoms with Gasteiger partial charge in [0.2, 0.25) is 0 Å². The van der Waals surface area contributed by atoms with Crippen molar-refractivity contribution in [1.82, 2.24) is 4.98 Å². The molecule has 1 aromatic carbocycles. The molecule has 1 N–H and O–H groups in total. The number of aliphatic hydroxyl groups is 1. The third-order valence-corrected chi connectivity index (χ3v) is 3.05. The van der Waals surface area contributed by atoms with Gasteiger partial charge in [-0.2, -0.15) is 0 Å². The summed E-state index contributed by atoms with van der Waals surface area (Å²) in [5.41, 5.74) is 1.96. The number of ether oxygens (including phenoxy) is 1. The molecule has 3 nitrogen and oxygen atoms in total. The molecule has 0 aliphatic heterocycles. The molecular weight excluding hydrogens is 238 g/mol. The second-order valence-corrected chi connectivity index (χ2v) is 4.44. The molecule has 100 valence electrons. The zero-order valence-electron chi connectivity index (χ0n) is 11.3. The van der Waals surface area contributed by atoms with E-state index in [1.807, 2.05) is 25.1 Å². The zero-order chi connectivity index (χ0) is 13.7. The number of hydrogen-bond acceptors (Lipinski definition) is 3. The molecule has 19 heavy (non-hydrogen) atoms. The third-order valence-electron chi connectivity index (χ3n) is 3.05. The summed E-state index contributed by atoms with van der Waals surface area (Å²) >= 11 is 0. The average Bonchev–Trinajstić information content (AvgIpc) is 2.48. The number of aromatic nitrogens is 1. The maximum absolute atomic E-state index is 9.66. The molecular formula is C16H19NO2. The monoisotopic (exact) mass is 257 g/mol. The van der Waals surface area contributed by atoms with Gasteiger partial charge in [0.1, 0.15) is 11.5 Å². The first-order chi connectivity index (χ1) is 9.22. The molecule has 0 amide bonds. The first-order valence-electron chi connectivity index (χ1n) is 6.63. The molecule has 0 radical (unpaired) electrons. The Morgan fingerprint density at radius 1 is 1.05 bits per heavy atom. The van der Waals surface area contributed by atoms with Gasteiger partial charge in [-0.15, -0.1) is 0 Å². The van der Waals surface area contributed by atoms with E-state index in [0.717, 1.165) is 12.2 Å². The Kier molecular flexibility index (Phi) is 4.53. The second-order valence-electron chi connectivity index (χ2n) is 4.44. The standard InChI is InChI=1S/C16H19NO2/c1-3-12-5-7-13(8-6-12)19-14-9-10-15(17-11-14)16(18)4-2/h5-11,16,18H,3-4H2,1-2H3/t16-/m1/s1. The van der Waals surface area contributed by atoms with Crippen LogP contribution in [0.2, 0.25) is 0 Å². The van der Waals surface area contributed by atoms with Crippen molar-refractivity contribution in [2.24, 2.45) is 0 Å². The van der Waals surface area contributed by atoms with E-state index < -0.39 is 6.10 Å². The molecule has 0 aliphatic rings. The molecule has 3 heteroatoms. The normalized spacial score (nSPS) is 12.2. The lowest BCUT2D eigenvalue weighted by molar-refractivity contribution is 0.169. The van der Waals surface area contributed by atoms with Crippen molar-refractivity contribution in [2.45, 2.75) is 32.8 Å². The van der Waals surface area contributed by atoms with Crippen molar-refractivity contribution < 1.29 is 9.84 Å². The summed E-state index contributed by atoms with van der Waals surface area (Å²) in [5.74, 6) is 1.47. The molecule has 1 heterocycles. The van der Waals surface area contributed by atoms with Crippen LogP contribution in [0, 0.1) is 0 Å². The van der Waals surface area contributed by atoms with Crippen LogP contribution in [0.15, 0.2) is 42.6 Å². The lowest BCUT2D eigenvalue weighted by atomic mass is 10.2. The van der Waals surface area contributed by atoms with Crippen LogP contribution in [-0.4, -0.2) is 10.1 Å². The SMILES string of the molecule is CCc1ccc(Oc2ccc([C@H](O)CC)nc2)cc1. The van der Waals surface area contributed by atoms with Gasteiger partial charge in [-0.05, 0) is 42.7 Å². The number of hydrogen-bond donors (Lipinski definition) is 1. The summed E-state index contributed by atoms with van der Waals surface area (Å²) in [6.45, 7) is 4.05. The first kappa shape index (κ1) is 13.6. The van der Waals surface area contributed by atoms with E-state index in [1.165, 1.54) is 5.56 Å². The highest BCUT2D eigenvalue weighted by Crippen LogP contribution is 2.23. The van der Waals surface area contributed by atoms with Gasteiger partial charge in [0.15, 0.2) is 0 Å². The van der Waals surface area contributed by atoms with E-state index in [2.05, 4.69) is 24.0 Å². The van der Waals surface area contributed by atoms with Crippen LogP contribution < -0.4 is 4.74 Å². The zero-order valence-corrected chi connectivity index (χ0v) is 11.3. The van der Waals surface area contributed by atoms with Crippen LogP contribution in [0.1, 0.15) is 37.6 Å². The van der Waals surface area contributed by atoms with E-state index in [1.54, 1.807) is 12.3 Å². The summed E-state index contributed by atoms with van der Waals surface area (Å²) in [4.78, 5) is 4.20. The molecule has 0 saturated heterocycles. The molecule has 0 spiro atoms. The molecule has 2 aromatic rings. The Labute approximate surface area is 113 Å². The van der Waals surface area contributed by atoms with Gasteiger partial charge in [-0.25, -0.2) is 0 Å². The van der Waals surface area contributed by atoms with Crippen LogP contribution in [0.3, 0.4) is 0 Å². The highest BCUT2D eigenvalue weighted by Gasteiger charge is 2.06. The minimum Gasteiger partial charge on any atom is -0.456 e. The van der Waals surface area contributed by atoms with Crippen molar-refractivity contribution in [3.63, 3.8) is 0 Å². The molecule has 0 fully saturated rings. The smallest absolute Gasteiger partial charge is 0.145 e. The fourth-order valence-corrected chi connectivity index (χ4v) is 1.79. The van der Waals surface area contributed by atoms with E-state index in [4.69, 9.17) is 4.74 Å². The first-order valence-corrected chi connectivity index (χ1v) is 6.63. The van der Waals surface area contributed by atoms with Crippen LogP contribution in [-0.2, 0) is 6.42 Å². The number of aryl methyl sites for hydroxylation is 1. The molecule has 1 aromatic heterocycles. The molecule has 1 atom stereocenters. The van der Waals surface area contributed by atoms with E-state index >= 15 is 0 Å². The number of aliphatic hydroxyl groups excluding tert-OH is 1. The molecule has 0 unspecified atom stereocenters. The Bertz CT molecular complexity index is 505. The highest BCUT2D eigenvalue weighted by molar-refractivity contribution is 5.32. The number of rotatable bonds is 5. The Balaban J connectivity index is 2.06. The van der Waals surface area contributed by atoms with Crippen molar-refractivity contribution in [3.8, 4) is 11.5 Å². The van der Waals surface area contributed by atoms with Crippen molar-refractivity contribution in [1.29, 1.82) is 0 Å². The Morgan fingerprint density at radius 2 is 1.74 bits per heavy atom. The highest BCUT2D eigenvalue weighted by atomic mass is 16.5. The third kappa shape index (κ3) is 3.55. The number of benzene rings is 1. The van der Waals surface area contributed by atoms with Crippen LogP contribution in [0.5, 0.6) is 11.5 Å². The van der Waals surface area contributed by atoms with Crippen LogP contribution in [0.25, 0.3) is 0 Å². The summed E-state index contributed by atoms with van der Waals surface area (Å²) in [6.07, 6.45) is 2.82. The van der Waals surface area contributed by atoms with Gasteiger partial charge in [-0.1, -0.05) is 26.0 Å². The predicted molar refractivity (Wildman–Crippen MR) is 75.4 cm³/mol. The lowest BCUT2D eigenvalue weighted by Crippen LogP contribution is -1.98. The average molecular weight is 257 g/mol. The quantitative estimate of drug-likeness (QED) is 0.883. The van der Waals surface area contributed by atoms with Gasteiger partial charge in [0.25, 0.3) is 0 Å². The molecule has 0 aliphatic carbocycles. The predicted octanol–water partition coefficient (Wildman–Crippen LogP) is 3.88. The lowest BCUT2D eigenvalue weighted by Gasteiger charge is -2.09. The second kappa shape index (κ2) is 6.34. The summed E-state index contributed by atoms with van der Waals surface area (Å²) < 4.78 is 5.70. The van der Waals surface area contributed by atoms with Crippen molar-refractivity contribution in [2.75, 3.05) is 0 Å². The van der Waals surface area contributed by atoms with Gasteiger partial charge >= 0.3 is 0 Å². The van der Waals surface area contributed by atoms with Crippen LogP contribution in [0.4, 0.5) is 0 Å². The van der Waals surface area contributed by atoms with E-state index in [0.29, 0.717) is 17.9 Å². The summed E-state index contributed by atoms with van der Waals surface area (Å²) in [6, 6.07) is 11.6. The molecule has 0 saturated carbocycles. The number of pyridine rings is 1. The van der Waals surface area contributed by atoms with Gasteiger partial charge in [0.05, 0.1) is 18.0 Å². The Hall–Kier alpha value is -1.87. The minimum atomic E-state index is -0.502. The van der Waals surface area contributed by atoms with Crippen LogP contribution >= 0.6 is 0 Å². The molecule has 2 rings (SSSR count). The Morgan fingerprint density at radius 3 is 2.26 bits per heavy atom. The van der Waals surface area contributed by atoms with Crippen molar-refractivity contribution >= 4 is 0 Å². The van der Waals surface area contributed by atoms with Crippen molar-refractivity contribution in [3.05, 3.63) is 53.9 Å². The minimum absolute atomic E-state index is 0.502. The topological polar surface area (TPSA) is 42.4 Å². The fraction of sp³-hybridized carbons (Fsp3) is 0.312. The van der Waals surface area contributed by atoms with E-state index in [9.17, 15) is 5.11 Å².